The van der Waals surface area contributed by atoms with Gasteiger partial charge in [-0.25, -0.2) is 4.98 Å². The highest BCUT2D eigenvalue weighted by atomic mass is 15.1. The minimum atomic E-state index is 0.229. The van der Waals surface area contributed by atoms with Crippen molar-refractivity contribution in [1.82, 2.24) is 14.9 Å². The molecule has 2 rings (SSSR count). The summed E-state index contributed by atoms with van der Waals surface area (Å²) in [5, 5.41) is 3.42. The predicted molar refractivity (Wildman–Crippen MR) is 76.8 cm³/mol. The summed E-state index contributed by atoms with van der Waals surface area (Å²) in [6.07, 6.45) is 0. The average molecular weight is 245 g/mol. The number of nitrogens with one attached hydrogen (secondary N) is 1. The number of likely N-dealkylation sites (N-methyl/N-ethyl adjacent to an activating group) is 1. The SMILES string of the molecule is CNC(Cn1c(C)nc2ccccc21)C(C)(C)C. The second kappa shape index (κ2) is 4.73. The van der Waals surface area contributed by atoms with Gasteiger partial charge in [0, 0.05) is 12.6 Å². The zero-order valence-electron chi connectivity index (χ0n) is 12.0. The van der Waals surface area contributed by atoms with Crippen molar-refractivity contribution in [2.75, 3.05) is 7.05 Å². The third-order valence-corrected chi connectivity index (χ3v) is 3.60. The van der Waals surface area contributed by atoms with Crippen LogP contribution in [0.1, 0.15) is 26.6 Å². The number of hydrogen-bond acceptors (Lipinski definition) is 2. The molecule has 3 nitrogen and oxygen atoms in total. The Morgan fingerprint density at radius 3 is 2.56 bits per heavy atom. The molecule has 98 valence electrons. The molecular formula is C15H23N3. The fourth-order valence-corrected chi connectivity index (χ4v) is 2.41. The maximum Gasteiger partial charge on any atom is 0.106 e. The fourth-order valence-electron chi connectivity index (χ4n) is 2.41. The maximum atomic E-state index is 4.62. The van der Waals surface area contributed by atoms with E-state index in [1.807, 2.05) is 13.1 Å². The van der Waals surface area contributed by atoms with E-state index >= 15 is 0 Å². The first-order chi connectivity index (χ1) is 8.43. The highest BCUT2D eigenvalue weighted by Crippen LogP contribution is 2.23. The Morgan fingerprint density at radius 1 is 1.28 bits per heavy atom. The van der Waals surface area contributed by atoms with Crippen LogP contribution in [0.2, 0.25) is 0 Å². The first-order valence-electron chi connectivity index (χ1n) is 6.52. The highest BCUT2D eigenvalue weighted by Gasteiger charge is 2.24. The molecule has 1 aromatic heterocycles. The summed E-state index contributed by atoms with van der Waals surface area (Å²) in [6.45, 7) is 9.83. The summed E-state index contributed by atoms with van der Waals surface area (Å²) in [5.41, 5.74) is 2.53. The largest absolute Gasteiger partial charge is 0.327 e. The van der Waals surface area contributed by atoms with Crippen LogP contribution in [-0.4, -0.2) is 22.6 Å². The normalized spacial score (nSPS) is 14.1. The Bertz CT molecular complexity index is 534. The number of fused-ring (bicyclic) bond motifs is 1. The minimum absolute atomic E-state index is 0.229. The Morgan fingerprint density at radius 2 is 1.94 bits per heavy atom. The van der Waals surface area contributed by atoms with Crippen molar-refractivity contribution in [2.45, 2.75) is 40.3 Å². The molecule has 1 atom stereocenters. The van der Waals surface area contributed by atoms with Crippen LogP contribution in [0.3, 0.4) is 0 Å². The molecule has 0 saturated carbocycles. The second-order valence-electron chi connectivity index (χ2n) is 5.97. The zero-order valence-corrected chi connectivity index (χ0v) is 12.0. The van der Waals surface area contributed by atoms with Crippen molar-refractivity contribution < 1.29 is 0 Å². The zero-order chi connectivity index (χ0) is 13.3. The second-order valence-corrected chi connectivity index (χ2v) is 5.97. The molecule has 0 fully saturated rings. The van der Waals surface area contributed by atoms with Gasteiger partial charge in [-0.05, 0) is 31.5 Å². The van der Waals surface area contributed by atoms with Gasteiger partial charge >= 0.3 is 0 Å². The van der Waals surface area contributed by atoms with E-state index in [2.05, 4.69) is 60.8 Å². The van der Waals surface area contributed by atoms with Crippen molar-refractivity contribution in [1.29, 1.82) is 0 Å². The summed E-state index contributed by atoms with van der Waals surface area (Å²) in [6, 6.07) is 8.76. The molecule has 1 N–H and O–H groups in total. The Balaban J connectivity index is 2.39. The summed E-state index contributed by atoms with van der Waals surface area (Å²) in [7, 11) is 2.03. The van der Waals surface area contributed by atoms with Gasteiger partial charge in [-0.3, -0.25) is 0 Å². The minimum Gasteiger partial charge on any atom is -0.327 e. The summed E-state index contributed by atoms with van der Waals surface area (Å²) < 4.78 is 2.31. The van der Waals surface area contributed by atoms with Crippen LogP contribution in [0.4, 0.5) is 0 Å². The molecule has 2 aromatic rings. The van der Waals surface area contributed by atoms with Crippen LogP contribution < -0.4 is 5.32 Å². The highest BCUT2D eigenvalue weighted by molar-refractivity contribution is 5.75. The lowest BCUT2D eigenvalue weighted by Crippen LogP contribution is -2.41. The number of hydrogen-bond donors (Lipinski definition) is 1. The van der Waals surface area contributed by atoms with E-state index in [4.69, 9.17) is 0 Å². The van der Waals surface area contributed by atoms with Crippen LogP contribution in [0.25, 0.3) is 11.0 Å². The van der Waals surface area contributed by atoms with Crippen LogP contribution in [0.5, 0.6) is 0 Å². The first-order valence-corrected chi connectivity index (χ1v) is 6.52. The van der Waals surface area contributed by atoms with Crippen LogP contribution >= 0.6 is 0 Å². The van der Waals surface area contributed by atoms with Crippen molar-refractivity contribution in [3.8, 4) is 0 Å². The van der Waals surface area contributed by atoms with E-state index in [0.29, 0.717) is 6.04 Å². The average Bonchev–Trinajstić information content (AvgIpc) is 2.60. The third-order valence-electron chi connectivity index (χ3n) is 3.60. The molecular weight excluding hydrogens is 222 g/mol. The van der Waals surface area contributed by atoms with Gasteiger partial charge in [-0.1, -0.05) is 32.9 Å². The van der Waals surface area contributed by atoms with Crippen molar-refractivity contribution in [3.05, 3.63) is 30.1 Å². The molecule has 3 heteroatoms. The van der Waals surface area contributed by atoms with E-state index in [9.17, 15) is 0 Å². The van der Waals surface area contributed by atoms with Gasteiger partial charge < -0.3 is 9.88 Å². The van der Waals surface area contributed by atoms with E-state index in [1.165, 1.54) is 5.52 Å². The summed E-state index contributed by atoms with van der Waals surface area (Å²) in [5.74, 6) is 1.08. The van der Waals surface area contributed by atoms with Gasteiger partial charge in [0.05, 0.1) is 11.0 Å². The standard InChI is InChI=1S/C15H23N3/c1-11-17-12-8-6-7-9-13(12)18(11)10-14(16-5)15(2,3)4/h6-9,14,16H,10H2,1-5H3. The smallest absolute Gasteiger partial charge is 0.106 e. The number of aromatic nitrogens is 2. The van der Waals surface area contributed by atoms with Crippen molar-refractivity contribution in [3.63, 3.8) is 0 Å². The number of benzene rings is 1. The van der Waals surface area contributed by atoms with Gasteiger partial charge in [0.1, 0.15) is 5.82 Å². The molecule has 0 aliphatic rings. The molecule has 0 aliphatic carbocycles. The van der Waals surface area contributed by atoms with E-state index in [0.717, 1.165) is 17.9 Å². The lowest BCUT2D eigenvalue weighted by molar-refractivity contribution is 0.255. The van der Waals surface area contributed by atoms with Gasteiger partial charge in [0.25, 0.3) is 0 Å². The maximum absolute atomic E-state index is 4.62. The molecule has 1 heterocycles. The topological polar surface area (TPSA) is 29.9 Å². The number of nitrogens with zero attached hydrogens (tertiary/aromatic N) is 2. The molecule has 0 bridgehead atoms. The van der Waals surface area contributed by atoms with Gasteiger partial charge in [-0.15, -0.1) is 0 Å². The number of aryl methyl sites for hydroxylation is 1. The molecule has 1 aromatic carbocycles. The summed E-state index contributed by atoms with van der Waals surface area (Å²) >= 11 is 0. The Hall–Kier alpha value is -1.35. The van der Waals surface area contributed by atoms with Crippen LogP contribution in [0.15, 0.2) is 24.3 Å². The molecule has 0 amide bonds. The van der Waals surface area contributed by atoms with E-state index in [-0.39, 0.29) is 5.41 Å². The molecule has 18 heavy (non-hydrogen) atoms. The van der Waals surface area contributed by atoms with Gasteiger partial charge in [0.2, 0.25) is 0 Å². The van der Waals surface area contributed by atoms with Crippen molar-refractivity contribution >= 4 is 11.0 Å². The molecule has 0 aliphatic heterocycles. The van der Waals surface area contributed by atoms with Crippen LogP contribution in [-0.2, 0) is 6.54 Å². The lowest BCUT2D eigenvalue weighted by Gasteiger charge is -2.31. The first kappa shape index (κ1) is 13.1. The van der Waals surface area contributed by atoms with Crippen LogP contribution in [0, 0.1) is 12.3 Å². The third kappa shape index (κ3) is 2.41. The molecule has 0 radical (unpaired) electrons. The molecule has 0 saturated heterocycles. The number of rotatable bonds is 3. The van der Waals surface area contributed by atoms with Gasteiger partial charge in [-0.2, -0.15) is 0 Å². The monoisotopic (exact) mass is 245 g/mol. The van der Waals surface area contributed by atoms with Crippen molar-refractivity contribution in [2.24, 2.45) is 5.41 Å². The molecule has 1 unspecified atom stereocenters. The lowest BCUT2D eigenvalue weighted by atomic mass is 9.86. The fraction of sp³-hybridized carbons (Fsp3) is 0.533. The van der Waals surface area contributed by atoms with Gasteiger partial charge in [0.15, 0.2) is 0 Å². The van der Waals surface area contributed by atoms with E-state index in [1.54, 1.807) is 0 Å². The number of para-hydroxylation sites is 2. The predicted octanol–water partition coefficient (Wildman–Crippen LogP) is 2.98. The molecule has 0 spiro atoms. The Labute approximate surface area is 109 Å². The van der Waals surface area contributed by atoms with E-state index < -0.39 is 0 Å². The quantitative estimate of drug-likeness (QED) is 0.901. The number of imidazole rings is 1. The summed E-state index contributed by atoms with van der Waals surface area (Å²) in [4.78, 5) is 4.62. The Kier molecular flexibility index (Phi) is 3.44.